The normalized spacial score (nSPS) is 10.3. The van der Waals surface area contributed by atoms with Gasteiger partial charge in [-0.3, -0.25) is 9.59 Å². The van der Waals surface area contributed by atoms with Crippen molar-refractivity contribution in [3.8, 4) is 58.8 Å². The van der Waals surface area contributed by atoms with E-state index in [9.17, 15) is 29.4 Å². The van der Waals surface area contributed by atoms with Gasteiger partial charge >= 0.3 is 11.9 Å². The van der Waals surface area contributed by atoms with Crippen LogP contribution in [0.4, 0.5) is 11.4 Å². The van der Waals surface area contributed by atoms with Crippen LogP contribution >= 0.6 is 0 Å². The van der Waals surface area contributed by atoms with Gasteiger partial charge in [0.1, 0.15) is 23.0 Å². The third-order valence-corrected chi connectivity index (χ3v) is 8.06. The lowest BCUT2D eigenvalue weighted by atomic mass is 10.0. The maximum absolute atomic E-state index is 12.8. The van der Waals surface area contributed by atoms with E-state index in [1.54, 1.807) is 48.5 Å². The maximum atomic E-state index is 12.8. The Morgan fingerprint density at radius 2 is 0.796 bits per heavy atom. The maximum Gasteiger partial charge on any atom is 0.336 e. The molecule has 0 aromatic heterocycles. The lowest BCUT2D eigenvalue weighted by Crippen LogP contribution is -2.16. The Morgan fingerprint density at radius 1 is 0.444 bits per heavy atom. The first-order chi connectivity index (χ1) is 26.1. The number of terminal acetylenes is 2. The average Bonchev–Trinajstić information content (AvgIpc) is 3.19. The van der Waals surface area contributed by atoms with Gasteiger partial charge in [0.15, 0.2) is 0 Å². The fraction of sp³-hybridized carbons (Fsp3) is 0. The summed E-state index contributed by atoms with van der Waals surface area (Å²) in [6, 6.07) is 36.6. The van der Waals surface area contributed by atoms with E-state index in [4.69, 9.17) is 22.3 Å². The molecule has 262 valence electrons. The van der Waals surface area contributed by atoms with Gasteiger partial charge in [-0.2, -0.15) is 0 Å². The summed E-state index contributed by atoms with van der Waals surface area (Å²) in [5.41, 5.74) is 3.15. The molecular formula is C44H28N2O8. The molecule has 6 rings (SSSR count). The summed E-state index contributed by atoms with van der Waals surface area (Å²) in [4.78, 5) is 48.9. The quantitative estimate of drug-likeness (QED) is 0.0974. The molecule has 2 amide bonds. The number of carbonyl (C=O) groups excluding carboxylic acids is 2. The number of benzene rings is 6. The first-order valence-corrected chi connectivity index (χ1v) is 16.2. The number of ether oxygens (including phenoxy) is 2. The van der Waals surface area contributed by atoms with E-state index in [-0.39, 0.29) is 22.3 Å². The third kappa shape index (κ3) is 8.44. The van der Waals surface area contributed by atoms with Crippen LogP contribution in [0.25, 0.3) is 11.1 Å². The van der Waals surface area contributed by atoms with E-state index < -0.39 is 23.8 Å². The molecule has 0 aliphatic rings. The summed E-state index contributed by atoms with van der Waals surface area (Å²) >= 11 is 0. The molecular weight excluding hydrogens is 684 g/mol. The summed E-state index contributed by atoms with van der Waals surface area (Å²) < 4.78 is 11.9. The Labute approximate surface area is 309 Å². The summed E-state index contributed by atoms with van der Waals surface area (Å²) in [5.74, 6) is 3.34. The number of anilines is 2. The van der Waals surface area contributed by atoms with Crippen molar-refractivity contribution < 1.29 is 38.9 Å². The third-order valence-electron chi connectivity index (χ3n) is 8.06. The minimum Gasteiger partial charge on any atom is -0.478 e. The summed E-state index contributed by atoms with van der Waals surface area (Å²) in [6.07, 6.45) is 10.8. The second kappa shape index (κ2) is 15.9. The number of nitrogens with one attached hydrogen (secondary N) is 2. The molecule has 0 saturated heterocycles. The average molecular weight is 713 g/mol. The SMILES string of the molecule is C#Cc1ccc(C(=O)Nc2ccc(Oc3ccc(-c4ccc(Oc5ccc(NC(=O)c6cc(C#C)ccc6C(=O)O)cc5)cc4)cc3)cc2)c(C(=O)O)c1. The Balaban J connectivity index is 1.02. The molecule has 0 aliphatic carbocycles. The second-order valence-corrected chi connectivity index (χ2v) is 11.6. The summed E-state index contributed by atoms with van der Waals surface area (Å²) in [6.45, 7) is 0. The van der Waals surface area contributed by atoms with Crippen LogP contribution in [-0.4, -0.2) is 34.0 Å². The molecule has 6 aromatic carbocycles. The van der Waals surface area contributed by atoms with Crippen molar-refractivity contribution in [1.29, 1.82) is 0 Å². The lowest BCUT2D eigenvalue weighted by molar-refractivity contribution is 0.0683. The van der Waals surface area contributed by atoms with Gasteiger partial charge < -0.3 is 30.3 Å². The molecule has 10 nitrogen and oxygen atoms in total. The fourth-order valence-electron chi connectivity index (χ4n) is 5.33. The van der Waals surface area contributed by atoms with E-state index in [1.165, 1.54) is 36.4 Å². The monoisotopic (exact) mass is 712 g/mol. The molecule has 0 atom stereocenters. The number of amides is 2. The van der Waals surface area contributed by atoms with E-state index >= 15 is 0 Å². The number of hydrogen-bond acceptors (Lipinski definition) is 6. The number of carbonyl (C=O) groups is 4. The van der Waals surface area contributed by atoms with Crippen LogP contribution in [0.2, 0.25) is 0 Å². The zero-order chi connectivity index (χ0) is 38.2. The molecule has 0 saturated carbocycles. The van der Waals surface area contributed by atoms with Gasteiger partial charge in [0.2, 0.25) is 0 Å². The highest BCUT2D eigenvalue weighted by atomic mass is 16.5. The van der Waals surface area contributed by atoms with Crippen molar-refractivity contribution in [2.24, 2.45) is 0 Å². The van der Waals surface area contributed by atoms with Crippen LogP contribution in [0.3, 0.4) is 0 Å². The van der Waals surface area contributed by atoms with Gasteiger partial charge in [0, 0.05) is 22.5 Å². The van der Waals surface area contributed by atoms with E-state index in [0.29, 0.717) is 45.5 Å². The largest absolute Gasteiger partial charge is 0.478 e. The Hall–Kier alpha value is -8.08. The predicted molar refractivity (Wildman–Crippen MR) is 203 cm³/mol. The predicted octanol–water partition coefficient (Wildman–Crippen LogP) is 8.80. The lowest BCUT2D eigenvalue weighted by Gasteiger charge is -2.11. The minimum absolute atomic E-state index is 0.0103. The standard InChI is InChI=1S/C44H28N2O8/c1-3-27-6-24-38(43(49)50)39(25-27)42(48)46-32-13-21-36(22-14-32)54-34-17-9-30(10-18-34)29-7-15-33(16-8-29)53-35-19-11-31(12-20-35)45-41(47)37-23-5-28(4-2)26-40(37)44(51)52/h1-2,5-26H,(H,45,47)(H,46,48)(H,49,50)(H,51,52). The van der Waals surface area contributed by atoms with E-state index in [0.717, 1.165) is 11.1 Å². The van der Waals surface area contributed by atoms with Crippen LogP contribution in [-0.2, 0) is 0 Å². The molecule has 0 aliphatic heterocycles. The fourth-order valence-corrected chi connectivity index (χ4v) is 5.33. The number of rotatable bonds is 11. The van der Waals surface area contributed by atoms with Crippen molar-refractivity contribution in [3.05, 3.63) is 167 Å². The van der Waals surface area contributed by atoms with Crippen molar-refractivity contribution in [2.75, 3.05) is 10.6 Å². The van der Waals surface area contributed by atoms with E-state index in [2.05, 4.69) is 22.5 Å². The molecule has 54 heavy (non-hydrogen) atoms. The van der Waals surface area contributed by atoms with Gasteiger partial charge in [0.05, 0.1) is 22.3 Å². The zero-order valence-corrected chi connectivity index (χ0v) is 28.2. The van der Waals surface area contributed by atoms with Gasteiger partial charge in [0.25, 0.3) is 11.8 Å². The topological polar surface area (TPSA) is 151 Å². The number of aromatic carboxylic acids is 2. The smallest absolute Gasteiger partial charge is 0.336 e. The highest BCUT2D eigenvalue weighted by Crippen LogP contribution is 2.30. The van der Waals surface area contributed by atoms with Crippen molar-refractivity contribution in [3.63, 3.8) is 0 Å². The first-order valence-electron chi connectivity index (χ1n) is 16.2. The molecule has 0 radical (unpaired) electrons. The summed E-state index contributed by atoms with van der Waals surface area (Å²) in [7, 11) is 0. The Kier molecular flexibility index (Phi) is 10.5. The van der Waals surface area contributed by atoms with Gasteiger partial charge in [-0.25, -0.2) is 9.59 Å². The molecule has 0 heterocycles. The summed E-state index contributed by atoms with van der Waals surface area (Å²) in [5, 5.41) is 24.3. The molecule has 10 heteroatoms. The molecule has 6 aromatic rings. The molecule has 0 fully saturated rings. The zero-order valence-electron chi connectivity index (χ0n) is 28.2. The number of carboxylic acids is 2. The highest BCUT2D eigenvalue weighted by Gasteiger charge is 2.19. The molecule has 0 bridgehead atoms. The Morgan fingerprint density at radius 3 is 1.19 bits per heavy atom. The van der Waals surface area contributed by atoms with Crippen molar-refractivity contribution in [1.82, 2.24) is 0 Å². The molecule has 0 unspecified atom stereocenters. The van der Waals surface area contributed by atoms with Crippen LogP contribution in [0.1, 0.15) is 52.6 Å². The van der Waals surface area contributed by atoms with E-state index in [1.807, 2.05) is 48.5 Å². The second-order valence-electron chi connectivity index (χ2n) is 11.6. The van der Waals surface area contributed by atoms with Gasteiger partial charge in [-0.1, -0.05) is 36.1 Å². The highest BCUT2D eigenvalue weighted by molar-refractivity contribution is 6.11. The van der Waals surface area contributed by atoms with Crippen LogP contribution < -0.4 is 20.1 Å². The molecule has 4 N–H and O–H groups in total. The minimum atomic E-state index is -1.26. The van der Waals surface area contributed by atoms with Crippen molar-refractivity contribution in [2.45, 2.75) is 0 Å². The molecule has 0 spiro atoms. The number of carboxylic acid groups (broad SMARTS) is 2. The van der Waals surface area contributed by atoms with Gasteiger partial charge in [-0.15, -0.1) is 12.8 Å². The first kappa shape index (κ1) is 35.7. The number of hydrogen-bond donors (Lipinski definition) is 4. The van der Waals surface area contributed by atoms with Crippen molar-refractivity contribution >= 4 is 35.1 Å². The van der Waals surface area contributed by atoms with Crippen LogP contribution in [0.5, 0.6) is 23.0 Å². The van der Waals surface area contributed by atoms with Crippen LogP contribution in [0, 0.1) is 24.7 Å². The Bertz CT molecular complexity index is 2470. The van der Waals surface area contributed by atoms with Crippen LogP contribution in [0.15, 0.2) is 133 Å². The van der Waals surface area contributed by atoms with Gasteiger partial charge in [-0.05, 0) is 120 Å².